The number of carbonyl (C=O) groups is 3. The number of ether oxygens (including phenoxy) is 1. The molecule has 0 aromatic heterocycles. The SMILES string of the molecule is C[C@H]1CN(C(=O)[C@H](COCCc2ccccc2)C[C@]2(C)NC(=O)NC2=O)CCN1c1cccc(F)c1. The Hall–Kier alpha value is -3.46. The van der Waals surface area contributed by atoms with Crippen LogP contribution in [0.2, 0.25) is 0 Å². The summed E-state index contributed by atoms with van der Waals surface area (Å²) in [5.74, 6) is -1.46. The van der Waals surface area contributed by atoms with Gasteiger partial charge in [-0.15, -0.1) is 0 Å². The monoisotopic (exact) mass is 496 g/mol. The zero-order chi connectivity index (χ0) is 25.7. The molecular formula is C27H33FN4O4. The number of rotatable bonds is 9. The fourth-order valence-electron chi connectivity index (χ4n) is 4.95. The molecule has 2 fully saturated rings. The van der Waals surface area contributed by atoms with Crippen molar-refractivity contribution in [2.24, 2.45) is 5.92 Å². The summed E-state index contributed by atoms with van der Waals surface area (Å²) in [4.78, 5) is 41.7. The molecule has 2 N–H and O–H groups in total. The fourth-order valence-corrected chi connectivity index (χ4v) is 4.95. The van der Waals surface area contributed by atoms with E-state index in [1.165, 1.54) is 12.1 Å². The molecule has 0 unspecified atom stereocenters. The zero-order valence-electron chi connectivity index (χ0n) is 20.7. The summed E-state index contributed by atoms with van der Waals surface area (Å²) >= 11 is 0. The predicted molar refractivity (Wildman–Crippen MR) is 134 cm³/mol. The quantitative estimate of drug-likeness (QED) is 0.412. The second-order valence-corrected chi connectivity index (χ2v) is 9.76. The maximum absolute atomic E-state index is 13.7. The largest absolute Gasteiger partial charge is 0.380 e. The fraction of sp³-hybridized carbons (Fsp3) is 0.444. The van der Waals surface area contributed by atoms with Crippen LogP contribution in [-0.2, 0) is 20.7 Å². The standard InChI is InChI=1S/C27H33FN4O4/c1-19-17-31(12-13-32(19)23-10-6-9-22(28)15-23)24(33)21(16-27(2)25(34)29-26(35)30-27)18-36-14-11-20-7-4-3-5-8-20/h3-10,15,19,21H,11-14,16-18H2,1-2H3,(H2,29,30,34,35)/t19-,21-,27-/m0/s1. The molecule has 0 radical (unpaired) electrons. The van der Waals surface area contributed by atoms with Gasteiger partial charge in [-0.2, -0.15) is 0 Å². The molecule has 2 aliphatic heterocycles. The van der Waals surface area contributed by atoms with E-state index in [1.54, 1.807) is 17.9 Å². The number of halogens is 1. The van der Waals surface area contributed by atoms with Gasteiger partial charge in [-0.3, -0.25) is 14.9 Å². The molecule has 2 saturated heterocycles. The number of hydrogen-bond acceptors (Lipinski definition) is 5. The zero-order valence-corrected chi connectivity index (χ0v) is 20.7. The first-order valence-corrected chi connectivity index (χ1v) is 12.3. The number of urea groups is 1. The van der Waals surface area contributed by atoms with Gasteiger partial charge in [0.05, 0.1) is 19.1 Å². The van der Waals surface area contributed by atoms with Crippen molar-refractivity contribution < 1.29 is 23.5 Å². The van der Waals surface area contributed by atoms with Crippen molar-refractivity contribution in [3.63, 3.8) is 0 Å². The number of benzene rings is 2. The van der Waals surface area contributed by atoms with Gasteiger partial charge in [-0.1, -0.05) is 36.4 Å². The van der Waals surface area contributed by atoms with Crippen molar-refractivity contribution in [1.29, 1.82) is 0 Å². The van der Waals surface area contributed by atoms with Crippen molar-refractivity contribution >= 4 is 23.5 Å². The number of amides is 4. The Labute approximate surface area is 210 Å². The molecule has 0 aliphatic carbocycles. The lowest BCUT2D eigenvalue weighted by molar-refractivity contribution is -0.140. The van der Waals surface area contributed by atoms with E-state index in [4.69, 9.17) is 4.74 Å². The molecule has 4 rings (SSSR count). The average Bonchev–Trinajstić information content (AvgIpc) is 3.11. The topological polar surface area (TPSA) is 91.0 Å². The Morgan fingerprint density at radius 3 is 2.61 bits per heavy atom. The normalized spacial score (nSPS) is 22.8. The molecule has 0 bridgehead atoms. The second-order valence-electron chi connectivity index (χ2n) is 9.76. The molecule has 3 atom stereocenters. The first-order valence-electron chi connectivity index (χ1n) is 12.3. The molecule has 2 aliphatic rings. The van der Waals surface area contributed by atoms with Crippen LogP contribution >= 0.6 is 0 Å². The molecule has 2 aromatic carbocycles. The summed E-state index contributed by atoms with van der Waals surface area (Å²) < 4.78 is 19.7. The number of anilines is 1. The molecule has 9 heteroatoms. The number of hydrogen-bond donors (Lipinski definition) is 2. The van der Waals surface area contributed by atoms with E-state index in [0.29, 0.717) is 32.7 Å². The van der Waals surface area contributed by atoms with Gasteiger partial charge in [-0.25, -0.2) is 9.18 Å². The highest BCUT2D eigenvalue weighted by molar-refractivity contribution is 6.07. The van der Waals surface area contributed by atoms with E-state index in [2.05, 4.69) is 15.5 Å². The highest BCUT2D eigenvalue weighted by Crippen LogP contribution is 2.26. The first-order chi connectivity index (χ1) is 17.2. The van der Waals surface area contributed by atoms with Crippen LogP contribution in [0.3, 0.4) is 0 Å². The summed E-state index contributed by atoms with van der Waals surface area (Å²) in [6.07, 6.45) is 0.840. The first kappa shape index (κ1) is 25.6. The van der Waals surface area contributed by atoms with E-state index in [0.717, 1.165) is 11.3 Å². The molecular weight excluding hydrogens is 463 g/mol. The molecule has 2 heterocycles. The van der Waals surface area contributed by atoms with Crippen LogP contribution in [0, 0.1) is 11.7 Å². The van der Waals surface area contributed by atoms with Crippen LogP contribution in [0.25, 0.3) is 0 Å². The third kappa shape index (κ3) is 6.02. The molecule has 2 aromatic rings. The van der Waals surface area contributed by atoms with Gasteiger partial charge in [0.1, 0.15) is 11.4 Å². The lowest BCUT2D eigenvalue weighted by atomic mass is 9.88. The van der Waals surface area contributed by atoms with Crippen LogP contribution in [0.1, 0.15) is 25.8 Å². The van der Waals surface area contributed by atoms with Crippen molar-refractivity contribution in [3.05, 3.63) is 66.0 Å². The number of piperazine rings is 1. The van der Waals surface area contributed by atoms with Crippen molar-refractivity contribution in [3.8, 4) is 0 Å². The van der Waals surface area contributed by atoms with E-state index in [9.17, 15) is 18.8 Å². The Morgan fingerprint density at radius 1 is 1.17 bits per heavy atom. The van der Waals surface area contributed by atoms with Gasteiger partial charge in [0.25, 0.3) is 5.91 Å². The average molecular weight is 497 g/mol. The van der Waals surface area contributed by atoms with Crippen molar-refractivity contribution in [2.75, 3.05) is 37.7 Å². The van der Waals surface area contributed by atoms with Crippen LogP contribution in [0.5, 0.6) is 0 Å². The van der Waals surface area contributed by atoms with Gasteiger partial charge in [0, 0.05) is 31.4 Å². The van der Waals surface area contributed by atoms with E-state index < -0.39 is 23.4 Å². The minimum absolute atomic E-state index is 0.0192. The van der Waals surface area contributed by atoms with Crippen molar-refractivity contribution in [1.82, 2.24) is 15.5 Å². The minimum atomic E-state index is -1.19. The number of imide groups is 1. The molecule has 36 heavy (non-hydrogen) atoms. The summed E-state index contributed by atoms with van der Waals surface area (Å²) in [6, 6.07) is 15.8. The van der Waals surface area contributed by atoms with E-state index in [-0.39, 0.29) is 30.8 Å². The maximum Gasteiger partial charge on any atom is 0.322 e. The molecule has 4 amide bonds. The molecule has 0 spiro atoms. The van der Waals surface area contributed by atoms with Gasteiger partial charge >= 0.3 is 6.03 Å². The predicted octanol–water partition coefficient (Wildman–Crippen LogP) is 2.73. The number of nitrogens with one attached hydrogen (secondary N) is 2. The van der Waals surface area contributed by atoms with Gasteiger partial charge < -0.3 is 19.9 Å². The molecule has 192 valence electrons. The Morgan fingerprint density at radius 2 is 1.94 bits per heavy atom. The third-order valence-electron chi connectivity index (χ3n) is 6.90. The maximum atomic E-state index is 13.7. The Bertz CT molecular complexity index is 1100. The summed E-state index contributed by atoms with van der Waals surface area (Å²) in [5.41, 5.74) is 0.736. The van der Waals surface area contributed by atoms with E-state index in [1.807, 2.05) is 43.3 Å². The lowest BCUT2D eigenvalue weighted by Gasteiger charge is -2.42. The van der Waals surface area contributed by atoms with Crippen molar-refractivity contribution in [2.45, 2.75) is 38.3 Å². The van der Waals surface area contributed by atoms with Gasteiger partial charge in [0.2, 0.25) is 5.91 Å². The highest BCUT2D eigenvalue weighted by Gasteiger charge is 2.45. The van der Waals surface area contributed by atoms with E-state index >= 15 is 0 Å². The summed E-state index contributed by atoms with van der Waals surface area (Å²) in [6.45, 7) is 5.70. The lowest BCUT2D eigenvalue weighted by Crippen LogP contribution is -2.56. The van der Waals surface area contributed by atoms with Crippen LogP contribution < -0.4 is 15.5 Å². The van der Waals surface area contributed by atoms with Gasteiger partial charge in [0.15, 0.2) is 0 Å². The molecule has 0 saturated carbocycles. The number of nitrogens with zero attached hydrogens (tertiary/aromatic N) is 2. The summed E-state index contributed by atoms with van der Waals surface area (Å²) in [7, 11) is 0. The smallest absolute Gasteiger partial charge is 0.322 e. The third-order valence-corrected chi connectivity index (χ3v) is 6.90. The highest BCUT2D eigenvalue weighted by atomic mass is 19.1. The van der Waals surface area contributed by atoms with Crippen LogP contribution in [0.4, 0.5) is 14.9 Å². The number of carbonyl (C=O) groups excluding carboxylic acids is 3. The Kier molecular flexibility index (Phi) is 7.88. The van der Waals surface area contributed by atoms with Crippen LogP contribution in [0.15, 0.2) is 54.6 Å². The Balaban J connectivity index is 1.41. The minimum Gasteiger partial charge on any atom is -0.380 e. The summed E-state index contributed by atoms with van der Waals surface area (Å²) in [5, 5.41) is 4.92. The molecule has 8 nitrogen and oxygen atoms in total. The second kappa shape index (κ2) is 11.1. The van der Waals surface area contributed by atoms with Crippen LogP contribution in [-0.4, -0.2) is 67.2 Å². The van der Waals surface area contributed by atoms with Gasteiger partial charge in [-0.05, 0) is 50.5 Å².